The third-order valence-corrected chi connectivity index (χ3v) is 6.90. The highest BCUT2D eigenvalue weighted by Crippen LogP contribution is 2.38. The van der Waals surface area contributed by atoms with Crippen LogP contribution in [0.15, 0.2) is 87.8 Å². The number of furan rings is 1. The van der Waals surface area contributed by atoms with Crippen LogP contribution >= 0.6 is 23.4 Å². The number of carbonyl (C=O) groups is 1. The Hall–Kier alpha value is -3.69. The molecule has 1 unspecified atom stereocenters. The molecular formula is C26H24ClN5O3S. The highest BCUT2D eigenvalue weighted by atomic mass is 35.5. The Morgan fingerprint density at radius 2 is 2.00 bits per heavy atom. The number of carbonyl (C=O) groups excluding carboxylic acids is 1. The van der Waals surface area contributed by atoms with Crippen molar-refractivity contribution in [2.75, 3.05) is 17.2 Å². The number of nitrogens with zero attached hydrogens (tertiary/aromatic N) is 3. The van der Waals surface area contributed by atoms with Crippen LogP contribution < -0.4 is 15.4 Å². The molecule has 2 N–H and O–H groups in total. The Bertz CT molecular complexity index is 1420. The second kappa shape index (κ2) is 10.5. The van der Waals surface area contributed by atoms with Crippen LogP contribution in [0.1, 0.15) is 31.2 Å². The Kier molecular flexibility index (Phi) is 7.02. The van der Waals surface area contributed by atoms with E-state index in [-0.39, 0.29) is 5.91 Å². The van der Waals surface area contributed by atoms with Crippen molar-refractivity contribution in [1.29, 1.82) is 0 Å². The summed E-state index contributed by atoms with van der Waals surface area (Å²) in [5, 5.41) is 12.2. The molecule has 0 aliphatic carbocycles. The number of para-hydroxylation sites is 2. The highest BCUT2D eigenvalue weighted by Gasteiger charge is 2.36. The number of rotatable bonds is 8. The molecule has 0 radical (unpaired) electrons. The molecule has 0 saturated carbocycles. The summed E-state index contributed by atoms with van der Waals surface area (Å²) in [5.41, 5.74) is 2.71. The lowest BCUT2D eigenvalue weighted by atomic mass is 10.00. The third kappa shape index (κ3) is 4.84. The fourth-order valence-corrected chi connectivity index (χ4v) is 5.11. The van der Waals surface area contributed by atoms with Crippen LogP contribution in [0.5, 0.6) is 5.75 Å². The van der Waals surface area contributed by atoms with Gasteiger partial charge in [-0.3, -0.25) is 4.79 Å². The van der Waals surface area contributed by atoms with Crippen LogP contribution in [0.2, 0.25) is 5.02 Å². The van der Waals surface area contributed by atoms with Crippen molar-refractivity contribution >= 4 is 40.9 Å². The second-order valence-corrected chi connectivity index (χ2v) is 9.36. The molecule has 2 aromatic heterocycles. The Balaban J connectivity index is 1.45. The average Bonchev–Trinajstić information content (AvgIpc) is 3.54. The third-order valence-electron chi connectivity index (χ3n) is 5.64. The molecule has 1 aliphatic heterocycles. The van der Waals surface area contributed by atoms with E-state index >= 15 is 0 Å². The Morgan fingerprint density at radius 1 is 1.19 bits per heavy atom. The quantitative estimate of drug-likeness (QED) is 0.269. The number of aromatic nitrogens is 3. The number of hydrogen-bond donors (Lipinski definition) is 2. The molecule has 0 bridgehead atoms. The molecule has 8 nitrogen and oxygen atoms in total. The van der Waals surface area contributed by atoms with E-state index in [4.69, 9.17) is 25.9 Å². The molecule has 2 aromatic carbocycles. The summed E-state index contributed by atoms with van der Waals surface area (Å²) >= 11 is 7.78. The SMILES string of the molecule is CCOc1ccccc1NC(=O)C1=C(C)Nc2nc(SCc3ccccc3Cl)nn2C1c1ccco1. The summed E-state index contributed by atoms with van der Waals surface area (Å²) in [5.74, 6) is 2.03. The number of thioether (sulfide) groups is 1. The van der Waals surface area contributed by atoms with Crippen molar-refractivity contribution < 1.29 is 13.9 Å². The van der Waals surface area contributed by atoms with Gasteiger partial charge in [0.15, 0.2) is 0 Å². The van der Waals surface area contributed by atoms with E-state index in [0.717, 1.165) is 5.56 Å². The number of halogens is 1. The molecule has 4 aromatic rings. The van der Waals surface area contributed by atoms with Gasteiger partial charge in [-0.2, -0.15) is 4.98 Å². The highest BCUT2D eigenvalue weighted by molar-refractivity contribution is 7.98. The van der Waals surface area contributed by atoms with Gasteiger partial charge >= 0.3 is 0 Å². The predicted octanol–water partition coefficient (Wildman–Crippen LogP) is 6.14. The van der Waals surface area contributed by atoms with Crippen molar-refractivity contribution in [3.05, 3.63) is 94.5 Å². The monoisotopic (exact) mass is 521 g/mol. The number of anilines is 2. The van der Waals surface area contributed by atoms with E-state index in [0.29, 0.717) is 57.0 Å². The van der Waals surface area contributed by atoms with E-state index in [9.17, 15) is 4.79 Å². The van der Waals surface area contributed by atoms with E-state index in [1.54, 1.807) is 23.1 Å². The van der Waals surface area contributed by atoms with Crippen LogP contribution in [0.25, 0.3) is 0 Å². The molecule has 0 fully saturated rings. The van der Waals surface area contributed by atoms with Gasteiger partial charge in [-0.05, 0) is 49.7 Å². The van der Waals surface area contributed by atoms with Crippen molar-refractivity contribution in [2.24, 2.45) is 0 Å². The standard InChI is InChI=1S/C26H24ClN5O3S/c1-3-34-20-12-7-6-11-19(20)29-24(33)22-16(2)28-25-30-26(36-15-17-9-4-5-10-18(17)27)31-32(25)23(22)21-13-8-14-35-21/h4-14,23H,3,15H2,1-2H3,(H,29,33)(H,28,30,31). The molecule has 36 heavy (non-hydrogen) atoms. The van der Waals surface area contributed by atoms with Crippen molar-refractivity contribution in [3.8, 4) is 5.75 Å². The predicted molar refractivity (Wildman–Crippen MR) is 140 cm³/mol. The first-order chi connectivity index (χ1) is 17.5. The van der Waals surface area contributed by atoms with Gasteiger partial charge < -0.3 is 19.8 Å². The number of hydrogen-bond acceptors (Lipinski definition) is 7. The van der Waals surface area contributed by atoms with Crippen LogP contribution in [0.4, 0.5) is 11.6 Å². The van der Waals surface area contributed by atoms with Crippen LogP contribution in [0.3, 0.4) is 0 Å². The molecule has 0 saturated heterocycles. The van der Waals surface area contributed by atoms with Crippen LogP contribution in [-0.4, -0.2) is 27.3 Å². The lowest BCUT2D eigenvalue weighted by Gasteiger charge is -2.27. The lowest BCUT2D eigenvalue weighted by molar-refractivity contribution is -0.113. The second-order valence-electron chi connectivity index (χ2n) is 8.01. The number of fused-ring (bicyclic) bond motifs is 1. The molecule has 184 valence electrons. The van der Waals surface area contributed by atoms with Crippen molar-refractivity contribution in [3.63, 3.8) is 0 Å². The largest absolute Gasteiger partial charge is 0.492 e. The molecular weight excluding hydrogens is 498 g/mol. The Labute approximate surface area is 217 Å². The van der Waals surface area contributed by atoms with Gasteiger partial charge in [0.05, 0.1) is 24.1 Å². The summed E-state index contributed by atoms with van der Waals surface area (Å²) in [4.78, 5) is 18.3. The minimum absolute atomic E-state index is 0.292. The van der Waals surface area contributed by atoms with Gasteiger partial charge in [0.2, 0.25) is 11.1 Å². The van der Waals surface area contributed by atoms with Crippen molar-refractivity contribution in [1.82, 2.24) is 14.8 Å². The molecule has 1 atom stereocenters. The minimum atomic E-state index is -0.599. The molecule has 10 heteroatoms. The van der Waals surface area contributed by atoms with Crippen molar-refractivity contribution in [2.45, 2.75) is 30.8 Å². The summed E-state index contributed by atoms with van der Waals surface area (Å²) < 4.78 is 13.1. The van der Waals surface area contributed by atoms with Gasteiger partial charge in [0, 0.05) is 16.5 Å². The van der Waals surface area contributed by atoms with Gasteiger partial charge in [-0.15, -0.1) is 5.10 Å². The first-order valence-corrected chi connectivity index (χ1v) is 12.8. The Morgan fingerprint density at radius 3 is 2.78 bits per heavy atom. The van der Waals surface area contributed by atoms with Gasteiger partial charge in [0.1, 0.15) is 17.6 Å². The minimum Gasteiger partial charge on any atom is -0.492 e. The molecule has 0 spiro atoms. The summed E-state index contributed by atoms with van der Waals surface area (Å²) in [6.07, 6.45) is 1.58. The van der Waals surface area contributed by atoms with Crippen LogP contribution in [-0.2, 0) is 10.5 Å². The molecule has 5 rings (SSSR count). The molecule has 1 amide bonds. The number of ether oxygens (including phenoxy) is 1. The molecule has 3 heterocycles. The van der Waals surface area contributed by atoms with Gasteiger partial charge in [-0.1, -0.05) is 53.7 Å². The van der Waals surface area contributed by atoms with E-state index < -0.39 is 6.04 Å². The summed E-state index contributed by atoms with van der Waals surface area (Å²) in [6, 6.07) is 18.0. The maximum atomic E-state index is 13.6. The summed E-state index contributed by atoms with van der Waals surface area (Å²) in [7, 11) is 0. The maximum Gasteiger partial charge on any atom is 0.256 e. The smallest absolute Gasteiger partial charge is 0.256 e. The van der Waals surface area contributed by atoms with Crippen LogP contribution in [0, 0.1) is 0 Å². The first kappa shape index (κ1) is 24.0. The zero-order valence-corrected chi connectivity index (χ0v) is 21.3. The maximum absolute atomic E-state index is 13.6. The normalized spacial score (nSPS) is 14.8. The zero-order chi connectivity index (χ0) is 25.1. The topological polar surface area (TPSA) is 94.2 Å². The van der Waals surface area contributed by atoms with Gasteiger partial charge in [0.25, 0.3) is 5.91 Å². The fourth-order valence-electron chi connectivity index (χ4n) is 4.00. The zero-order valence-electron chi connectivity index (χ0n) is 19.7. The van der Waals surface area contributed by atoms with Gasteiger partial charge in [-0.25, -0.2) is 4.68 Å². The lowest BCUT2D eigenvalue weighted by Crippen LogP contribution is -2.31. The fraction of sp³-hybridized carbons (Fsp3) is 0.192. The van der Waals surface area contributed by atoms with E-state index in [1.807, 2.05) is 62.4 Å². The number of nitrogens with one attached hydrogen (secondary N) is 2. The number of amides is 1. The number of allylic oxidation sites excluding steroid dienone is 1. The first-order valence-electron chi connectivity index (χ1n) is 11.4. The van der Waals surface area contributed by atoms with E-state index in [1.165, 1.54) is 11.8 Å². The summed E-state index contributed by atoms with van der Waals surface area (Å²) in [6.45, 7) is 4.23. The molecule has 1 aliphatic rings. The van der Waals surface area contributed by atoms with E-state index in [2.05, 4.69) is 15.6 Å². The number of benzene rings is 2. The average molecular weight is 522 g/mol.